The standard InChI is InChI=1S/C26H25NO3/c1-30-23-16-14-22(15-17-23)27-25(21-12-10-20(18-28)11-13-21)24(26(27)29)9-5-8-19-6-3-2-4-7-19/h2-4,6-7,10-18,24-25H,5,8-9H2,1H3/t24-,25?/m1/s1. The number of ether oxygens (including phenoxy) is 1. The maximum Gasteiger partial charge on any atom is 0.233 e. The number of β-lactam (4-membered cyclic amide) rings is 1. The summed E-state index contributed by atoms with van der Waals surface area (Å²) in [4.78, 5) is 26.0. The molecule has 0 radical (unpaired) electrons. The largest absolute Gasteiger partial charge is 0.497 e. The topological polar surface area (TPSA) is 46.6 Å². The highest BCUT2D eigenvalue weighted by Gasteiger charge is 2.48. The first-order chi connectivity index (χ1) is 14.7. The van der Waals surface area contributed by atoms with Crippen molar-refractivity contribution in [3.8, 4) is 5.75 Å². The van der Waals surface area contributed by atoms with Crippen molar-refractivity contribution in [2.45, 2.75) is 25.3 Å². The fraction of sp³-hybridized carbons (Fsp3) is 0.231. The average Bonchev–Trinajstić information content (AvgIpc) is 2.81. The number of aldehydes is 1. The molecule has 0 aromatic heterocycles. The molecule has 152 valence electrons. The molecule has 2 atom stereocenters. The number of hydrogen-bond acceptors (Lipinski definition) is 3. The van der Waals surface area contributed by atoms with Gasteiger partial charge in [0.2, 0.25) is 5.91 Å². The molecule has 1 aliphatic heterocycles. The van der Waals surface area contributed by atoms with Crippen LogP contribution in [0.2, 0.25) is 0 Å². The van der Waals surface area contributed by atoms with Crippen molar-refractivity contribution < 1.29 is 14.3 Å². The van der Waals surface area contributed by atoms with Gasteiger partial charge in [-0.05, 0) is 54.7 Å². The van der Waals surface area contributed by atoms with Crippen LogP contribution in [0, 0.1) is 5.92 Å². The number of carbonyl (C=O) groups is 2. The zero-order valence-corrected chi connectivity index (χ0v) is 17.0. The predicted molar refractivity (Wildman–Crippen MR) is 118 cm³/mol. The molecule has 30 heavy (non-hydrogen) atoms. The van der Waals surface area contributed by atoms with E-state index in [0.29, 0.717) is 5.56 Å². The Morgan fingerprint density at radius 3 is 2.27 bits per heavy atom. The average molecular weight is 399 g/mol. The first-order valence-electron chi connectivity index (χ1n) is 10.3. The minimum absolute atomic E-state index is 0.0256. The Morgan fingerprint density at radius 2 is 1.63 bits per heavy atom. The lowest BCUT2D eigenvalue weighted by Gasteiger charge is -2.47. The van der Waals surface area contributed by atoms with Crippen molar-refractivity contribution in [3.05, 3.63) is 95.6 Å². The summed E-state index contributed by atoms with van der Waals surface area (Å²) >= 11 is 0. The van der Waals surface area contributed by atoms with Gasteiger partial charge in [-0.2, -0.15) is 0 Å². The molecule has 0 bridgehead atoms. The molecule has 0 saturated carbocycles. The van der Waals surface area contributed by atoms with E-state index in [4.69, 9.17) is 4.74 Å². The summed E-state index contributed by atoms with van der Waals surface area (Å²) in [6.45, 7) is 0. The van der Waals surface area contributed by atoms with Crippen molar-refractivity contribution in [1.29, 1.82) is 0 Å². The third-order valence-corrected chi connectivity index (χ3v) is 5.80. The quantitative estimate of drug-likeness (QED) is 0.385. The third kappa shape index (κ3) is 3.99. The van der Waals surface area contributed by atoms with Crippen LogP contribution in [0.1, 0.15) is 40.4 Å². The molecule has 1 saturated heterocycles. The van der Waals surface area contributed by atoms with Crippen LogP contribution in [0.5, 0.6) is 5.75 Å². The van der Waals surface area contributed by atoms with E-state index in [1.54, 1.807) is 7.11 Å². The third-order valence-electron chi connectivity index (χ3n) is 5.80. The summed E-state index contributed by atoms with van der Waals surface area (Å²) < 4.78 is 5.24. The van der Waals surface area contributed by atoms with Gasteiger partial charge in [-0.3, -0.25) is 9.59 Å². The second-order valence-corrected chi connectivity index (χ2v) is 7.62. The number of anilines is 1. The Labute approximate surface area is 177 Å². The minimum Gasteiger partial charge on any atom is -0.497 e. The highest BCUT2D eigenvalue weighted by Crippen LogP contribution is 2.46. The number of benzene rings is 3. The van der Waals surface area contributed by atoms with E-state index < -0.39 is 0 Å². The van der Waals surface area contributed by atoms with E-state index in [0.717, 1.165) is 42.5 Å². The lowest BCUT2D eigenvalue weighted by Crippen LogP contribution is -2.55. The van der Waals surface area contributed by atoms with E-state index in [-0.39, 0.29) is 17.9 Å². The lowest BCUT2D eigenvalue weighted by molar-refractivity contribution is -0.130. The molecule has 0 spiro atoms. The molecule has 4 heteroatoms. The van der Waals surface area contributed by atoms with Crippen molar-refractivity contribution >= 4 is 17.9 Å². The Bertz CT molecular complexity index is 997. The van der Waals surface area contributed by atoms with Crippen molar-refractivity contribution in [2.75, 3.05) is 12.0 Å². The molecule has 1 fully saturated rings. The molecule has 3 aromatic carbocycles. The van der Waals surface area contributed by atoms with Gasteiger partial charge in [-0.1, -0.05) is 54.6 Å². The van der Waals surface area contributed by atoms with Crippen LogP contribution in [0.25, 0.3) is 0 Å². The van der Waals surface area contributed by atoms with Gasteiger partial charge in [-0.25, -0.2) is 0 Å². The zero-order valence-electron chi connectivity index (χ0n) is 17.0. The highest BCUT2D eigenvalue weighted by atomic mass is 16.5. The molecule has 1 heterocycles. The van der Waals surface area contributed by atoms with Crippen molar-refractivity contribution in [2.24, 2.45) is 5.92 Å². The lowest BCUT2D eigenvalue weighted by atomic mass is 9.78. The number of hydrogen-bond donors (Lipinski definition) is 0. The molecule has 4 rings (SSSR count). The van der Waals surface area contributed by atoms with E-state index in [2.05, 4.69) is 12.1 Å². The van der Waals surface area contributed by atoms with Gasteiger partial charge in [0, 0.05) is 11.3 Å². The van der Waals surface area contributed by atoms with E-state index in [9.17, 15) is 9.59 Å². The van der Waals surface area contributed by atoms with Gasteiger partial charge in [-0.15, -0.1) is 0 Å². The molecule has 0 aliphatic carbocycles. The normalized spacial score (nSPS) is 18.0. The number of rotatable bonds is 8. The summed E-state index contributed by atoms with van der Waals surface area (Å²) in [5.74, 6) is 0.855. The SMILES string of the molecule is COc1ccc(N2C(=O)[C@H](CCCc3ccccc3)C2c2ccc(C=O)cc2)cc1. The second kappa shape index (κ2) is 8.95. The summed E-state index contributed by atoms with van der Waals surface area (Å²) in [7, 11) is 1.63. The van der Waals surface area contributed by atoms with E-state index in [1.165, 1.54) is 5.56 Å². The molecule has 0 N–H and O–H groups in total. The maximum atomic E-state index is 13.1. The Morgan fingerprint density at radius 1 is 0.933 bits per heavy atom. The number of methoxy groups -OCH3 is 1. The van der Waals surface area contributed by atoms with Crippen LogP contribution in [-0.2, 0) is 11.2 Å². The number of aryl methyl sites for hydroxylation is 1. The summed E-state index contributed by atoms with van der Waals surface area (Å²) in [5, 5.41) is 0. The molecule has 1 aliphatic rings. The number of nitrogens with zero attached hydrogens (tertiary/aromatic N) is 1. The van der Waals surface area contributed by atoms with E-state index >= 15 is 0 Å². The van der Waals surface area contributed by atoms with Crippen LogP contribution in [0.15, 0.2) is 78.9 Å². The first-order valence-corrected chi connectivity index (χ1v) is 10.3. The monoisotopic (exact) mass is 399 g/mol. The molecule has 4 nitrogen and oxygen atoms in total. The molecular formula is C26H25NO3. The van der Waals surface area contributed by atoms with Gasteiger partial charge in [0.1, 0.15) is 12.0 Å². The first kappa shape index (κ1) is 19.9. The molecule has 3 aromatic rings. The predicted octanol–water partition coefficient (Wildman–Crippen LogP) is 5.23. The Hall–Kier alpha value is -3.40. The fourth-order valence-electron chi connectivity index (χ4n) is 4.18. The Balaban J connectivity index is 1.54. The van der Waals surface area contributed by atoms with Gasteiger partial charge < -0.3 is 9.64 Å². The smallest absolute Gasteiger partial charge is 0.233 e. The van der Waals surface area contributed by atoms with Crippen LogP contribution >= 0.6 is 0 Å². The van der Waals surface area contributed by atoms with Gasteiger partial charge in [0.25, 0.3) is 0 Å². The minimum atomic E-state index is -0.0575. The van der Waals surface area contributed by atoms with E-state index in [1.807, 2.05) is 71.6 Å². The number of amides is 1. The van der Waals surface area contributed by atoms with Gasteiger partial charge >= 0.3 is 0 Å². The highest BCUT2D eigenvalue weighted by molar-refractivity contribution is 6.03. The summed E-state index contributed by atoms with van der Waals surface area (Å²) in [6.07, 6.45) is 3.60. The Kier molecular flexibility index (Phi) is 5.94. The molecule has 1 unspecified atom stereocenters. The van der Waals surface area contributed by atoms with Crippen molar-refractivity contribution in [1.82, 2.24) is 0 Å². The zero-order chi connectivity index (χ0) is 20.9. The van der Waals surface area contributed by atoms with Crippen LogP contribution in [0.4, 0.5) is 5.69 Å². The second-order valence-electron chi connectivity index (χ2n) is 7.62. The van der Waals surface area contributed by atoms with Crippen LogP contribution < -0.4 is 9.64 Å². The van der Waals surface area contributed by atoms with Gasteiger partial charge in [0.15, 0.2) is 0 Å². The van der Waals surface area contributed by atoms with Crippen molar-refractivity contribution in [3.63, 3.8) is 0 Å². The fourth-order valence-corrected chi connectivity index (χ4v) is 4.18. The maximum absolute atomic E-state index is 13.1. The molecule has 1 amide bonds. The molecular weight excluding hydrogens is 374 g/mol. The van der Waals surface area contributed by atoms with Gasteiger partial charge in [0.05, 0.1) is 19.1 Å². The number of carbonyl (C=O) groups excluding carboxylic acids is 2. The summed E-state index contributed by atoms with van der Waals surface area (Å²) in [6, 6.07) is 25.5. The van der Waals surface area contributed by atoms with Crippen LogP contribution in [0.3, 0.4) is 0 Å². The van der Waals surface area contributed by atoms with Crippen LogP contribution in [-0.4, -0.2) is 19.3 Å². The summed E-state index contributed by atoms with van der Waals surface area (Å²) in [5.41, 5.74) is 3.86.